The SMILES string of the molecule is NC(=O)CCC(=O)Nn1c(O)ccc1O. The summed E-state index contributed by atoms with van der Waals surface area (Å²) in [4.78, 5) is 21.5. The van der Waals surface area contributed by atoms with Crippen molar-refractivity contribution in [3.8, 4) is 11.8 Å². The lowest BCUT2D eigenvalue weighted by atomic mass is 10.3. The van der Waals surface area contributed by atoms with E-state index in [-0.39, 0.29) is 24.6 Å². The number of nitrogens with zero attached hydrogens (tertiary/aromatic N) is 1. The highest BCUT2D eigenvalue weighted by Crippen LogP contribution is 2.18. The molecule has 7 nitrogen and oxygen atoms in total. The van der Waals surface area contributed by atoms with E-state index in [1.807, 2.05) is 0 Å². The normalized spacial score (nSPS) is 9.87. The van der Waals surface area contributed by atoms with E-state index in [0.717, 1.165) is 4.68 Å². The van der Waals surface area contributed by atoms with Crippen molar-refractivity contribution in [3.63, 3.8) is 0 Å². The number of rotatable bonds is 4. The maximum Gasteiger partial charge on any atom is 0.239 e. The Morgan fingerprint density at radius 2 is 1.80 bits per heavy atom. The highest BCUT2D eigenvalue weighted by molar-refractivity contribution is 5.87. The lowest BCUT2D eigenvalue weighted by Crippen LogP contribution is -2.23. The largest absolute Gasteiger partial charge is 0.493 e. The number of amides is 2. The minimum atomic E-state index is -0.592. The number of hydrogen-bond acceptors (Lipinski definition) is 4. The number of primary amides is 1. The van der Waals surface area contributed by atoms with Crippen molar-refractivity contribution < 1.29 is 19.8 Å². The van der Waals surface area contributed by atoms with Gasteiger partial charge in [-0.25, -0.2) is 0 Å². The maximum atomic E-state index is 11.2. The van der Waals surface area contributed by atoms with Crippen molar-refractivity contribution in [1.82, 2.24) is 4.68 Å². The lowest BCUT2D eigenvalue weighted by molar-refractivity contribution is -0.122. The first-order chi connectivity index (χ1) is 7.00. The Bertz CT molecular complexity index is 366. The Balaban J connectivity index is 2.55. The fourth-order valence-electron chi connectivity index (χ4n) is 0.947. The van der Waals surface area contributed by atoms with Crippen LogP contribution < -0.4 is 11.2 Å². The predicted molar refractivity (Wildman–Crippen MR) is 50.6 cm³/mol. The van der Waals surface area contributed by atoms with Crippen LogP contribution >= 0.6 is 0 Å². The molecule has 1 heterocycles. The molecule has 1 aromatic rings. The molecule has 1 aromatic heterocycles. The van der Waals surface area contributed by atoms with Crippen LogP contribution in [0.4, 0.5) is 0 Å². The molecule has 82 valence electrons. The second-order valence-corrected chi connectivity index (χ2v) is 2.89. The van der Waals surface area contributed by atoms with Gasteiger partial charge in [0.1, 0.15) is 0 Å². The molecule has 5 N–H and O–H groups in total. The van der Waals surface area contributed by atoms with E-state index in [1.165, 1.54) is 12.1 Å². The molecule has 0 saturated heterocycles. The third kappa shape index (κ3) is 2.90. The Morgan fingerprint density at radius 1 is 1.27 bits per heavy atom. The monoisotopic (exact) mass is 213 g/mol. The van der Waals surface area contributed by atoms with Gasteiger partial charge in [0, 0.05) is 25.0 Å². The van der Waals surface area contributed by atoms with Crippen molar-refractivity contribution in [1.29, 1.82) is 0 Å². The van der Waals surface area contributed by atoms with Crippen molar-refractivity contribution in [2.75, 3.05) is 5.43 Å². The summed E-state index contributed by atoms with van der Waals surface area (Å²) in [5.41, 5.74) is 7.03. The number of nitrogens with two attached hydrogens (primary N) is 1. The van der Waals surface area contributed by atoms with Crippen LogP contribution in [0.25, 0.3) is 0 Å². The molecule has 2 amide bonds. The fraction of sp³-hybridized carbons (Fsp3) is 0.250. The smallest absolute Gasteiger partial charge is 0.239 e. The Labute approximate surface area is 85.1 Å². The first kappa shape index (κ1) is 10.9. The maximum absolute atomic E-state index is 11.2. The fourth-order valence-corrected chi connectivity index (χ4v) is 0.947. The van der Waals surface area contributed by atoms with E-state index in [4.69, 9.17) is 15.9 Å². The molecule has 0 radical (unpaired) electrons. The van der Waals surface area contributed by atoms with Gasteiger partial charge in [-0.1, -0.05) is 0 Å². The average Bonchev–Trinajstić information content (AvgIpc) is 2.46. The molecule has 15 heavy (non-hydrogen) atoms. The van der Waals surface area contributed by atoms with E-state index in [1.54, 1.807) is 0 Å². The summed E-state index contributed by atoms with van der Waals surface area (Å²) in [6.07, 6.45) is -0.193. The molecule has 7 heteroatoms. The van der Waals surface area contributed by atoms with Gasteiger partial charge in [0.2, 0.25) is 23.6 Å². The van der Waals surface area contributed by atoms with E-state index in [0.29, 0.717) is 0 Å². The van der Waals surface area contributed by atoms with Crippen molar-refractivity contribution in [2.45, 2.75) is 12.8 Å². The molecule has 1 rings (SSSR count). The van der Waals surface area contributed by atoms with Gasteiger partial charge in [-0.2, -0.15) is 4.68 Å². The predicted octanol–water partition coefficient (Wildman–Crippen LogP) is -0.765. The molecule has 0 aliphatic carbocycles. The topological polar surface area (TPSA) is 118 Å². The summed E-state index contributed by atoms with van der Waals surface area (Å²) in [5.74, 6) is -1.73. The van der Waals surface area contributed by atoms with E-state index >= 15 is 0 Å². The van der Waals surface area contributed by atoms with Crippen molar-refractivity contribution in [2.24, 2.45) is 5.73 Å². The second kappa shape index (κ2) is 4.36. The molecular weight excluding hydrogens is 202 g/mol. The molecule has 0 atom stereocenters. The number of carbonyl (C=O) groups is 2. The number of aromatic hydroxyl groups is 2. The van der Waals surface area contributed by atoms with Gasteiger partial charge in [-0.15, -0.1) is 0 Å². The van der Waals surface area contributed by atoms with Gasteiger partial charge < -0.3 is 15.9 Å². The molecule has 0 saturated carbocycles. The van der Waals surface area contributed by atoms with Crippen LogP contribution in [-0.2, 0) is 9.59 Å². The molecule has 0 aliphatic heterocycles. The molecule has 0 bridgehead atoms. The Morgan fingerprint density at radius 3 is 2.27 bits per heavy atom. The van der Waals surface area contributed by atoms with Gasteiger partial charge in [-0.05, 0) is 0 Å². The van der Waals surface area contributed by atoms with Crippen LogP contribution in [0.1, 0.15) is 12.8 Å². The zero-order valence-electron chi connectivity index (χ0n) is 7.80. The van der Waals surface area contributed by atoms with Crippen molar-refractivity contribution >= 4 is 11.8 Å². The van der Waals surface area contributed by atoms with Gasteiger partial charge in [-0.3, -0.25) is 15.0 Å². The Kier molecular flexibility index (Phi) is 3.17. The summed E-state index contributed by atoms with van der Waals surface area (Å²) >= 11 is 0. The zero-order valence-corrected chi connectivity index (χ0v) is 7.80. The molecule has 0 aliphatic rings. The summed E-state index contributed by atoms with van der Waals surface area (Å²) in [6.45, 7) is 0. The minimum Gasteiger partial charge on any atom is -0.493 e. The average molecular weight is 213 g/mol. The minimum absolute atomic E-state index is 0.0887. The summed E-state index contributed by atoms with van der Waals surface area (Å²) in [5, 5.41) is 18.3. The number of nitrogens with one attached hydrogen (secondary N) is 1. The van der Waals surface area contributed by atoms with Crippen LogP contribution in [0.15, 0.2) is 12.1 Å². The summed E-state index contributed by atoms with van der Waals surface area (Å²) < 4.78 is 0.795. The van der Waals surface area contributed by atoms with Crippen LogP contribution in [0.3, 0.4) is 0 Å². The number of aromatic nitrogens is 1. The van der Waals surface area contributed by atoms with Crippen LogP contribution in [-0.4, -0.2) is 26.7 Å². The first-order valence-electron chi connectivity index (χ1n) is 4.18. The lowest BCUT2D eigenvalue weighted by Gasteiger charge is -2.07. The van der Waals surface area contributed by atoms with Gasteiger partial charge in [0.15, 0.2) is 0 Å². The zero-order chi connectivity index (χ0) is 11.4. The van der Waals surface area contributed by atoms with Gasteiger partial charge >= 0.3 is 0 Å². The highest BCUT2D eigenvalue weighted by atomic mass is 16.3. The third-order valence-electron chi connectivity index (χ3n) is 1.67. The van der Waals surface area contributed by atoms with Gasteiger partial charge in [0.25, 0.3) is 0 Å². The number of carbonyl (C=O) groups excluding carboxylic acids is 2. The molecule has 0 aromatic carbocycles. The Hall–Kier alpha value is -2.18. The van der Waals surface area contributed by atoms with Crippen molar-refractivity contribution in [3.05, 3.63) is 12.1 Å². The summed E-state index contributed by atoms with van der Waals surface area (Å²) in [6, 6.07) is 2.42. The highest BCUT2D eigenvalue weighted by Gasteiger charge is 2.09. The quantitative estimate of drug-likeness (QED) is 0.525. The molecule has 0 spiro atoms. The third-order valence-corrected chi connectivity index (χ3v) is 1.67. The van der Waals surface area contributed by atoms with Crippen LogP contribution in [0.2, 0.25) is 0 Å². The summed E-state index contributed by atoms with van der Waals surface area (Å²) in [7, 11) is 0. The van der Waals surface area contributed by atoms with Crippen LogP contribution in [0.5, 0.6) is 11.8 Å². The van der Waals surface area contributed by atoms with E-state index < -0.39 is 11.8 Å². The van der Waals surface area contributed by atoms with E-state index in [9.17, 15) is 9.59 Å². The number of hydrogen-bond donors (Lipinski definition) is 4. The first-order valence-corrected chi connectivity index (χ1v) is 4.18. The molecular formula is C8H11N3O4. The molecule has 0 fully saturated rings. The standard InChI is InChI=1S/C8H11N3O4/c9-5(12)1-2-6(13)10-11-7(14)3-4-8(11)15/h3-4,14-15H,1-2H2,(H2,9,12)(H,10,13). The molecule has 0 unspecified atom stereocenters. The van der Waals surface area contributed by atoms with Gasteiger partial charge in [0.05, 0.1) is 0 Å². The van der Waals surface area contributed by atoms with Crippen LogP contribution in [0, 0.1) is 0 Å². The second-order valence-electron chi connectivity index (χ2n) is 2.89. The van der Waals surface area contributed by atoms with E-state index in [2.05, 4.69) is 5.43 Å².